The van der Waals surface area contributed by atoms with Crippen molar-refractivity contribution in [3.8, 4) is 0 Å². The molecule has 1 rings (SSSR count). The summed E-state index contributed by atoms with van der Waals surface area (Å²) in [5.74, 6) is -2.18. The van der Waals surface area contributed by atoms with Gasteiger partial charge in [0.25, 0.3) is 5.91 Å². The fourth-order valence-corrected chi connectivity index (χ4v) is 1.21. The van der Waals surface area contributed by atoms with Crippen LogP contribution in [0.5, 0.6) is 0 Å². The summed E-state index contributed by atoms with van der Waals surface area (Å²) in [6, 6.07) is 2.67. The van der Waals surface area contributed by atoms with Crippen LogP contribution in [0.1, 0.15) is 10.4 Å². The van der Waals surface area contributed by atoms with Crippen LogP contribution in [0, 0.1) is 11.6 Å². The van der Waals surface area contributed by atoms with Crippen LogP contribution in [0.25, 0.3) is 0 Å². The molecule has 0 radical (unpaired) electrons. The molecule has 0 bridgehead atoms. The van der Waals surface area contributed by atoms with Crippen molar-refractivity contribution in [2.75, 3.05) is 20.8 Å². The van der Waals surface area contributed by atoms with E-state index >= 15 is 0 Å². The van der Waals surface area contributed by atoms with Crippen LogP contribution in [0.4, 0.5) is 8.78 Å². The normalized spacial score (nSPS) is 10.6. The maximum atomic E-state index is 13.2. The number of carbonyl (C=O) groups is 1. The zero-order valence-electron chi connectivity index (χ0n) is 9.50. The molecule has 1 amide bonds. The van der Waals surface area contributed by atoms with Crippen LogP contribution in [0.3, 0.4) is 0 Å². The number of rotatable bonds is 5. The van der Waals surface area contributed by atoms with E-state index in [4.69, 9.17) is 9.47 Å². The molecule has 0 saturated heterocycles. The molecule has 0 aliphatic heterocycles. The molecule has 0 aliphatic rings. The van der Waals surface area contributed by atoms with Crippen LogP contribution in [0.2, 0.25) is 0 Å². The average molecular weight is 245 g/mol. The Balaban J connectivity index is 2.66. The van der Waals surface area contributed by atoms with Gasteiger partial charge in [0.2, 0.25) is 0 Å². The summed E-state index contributed by atoms with van der Waals surface area (Å²) in [7, 11) is 2.81. The van der Waals surface area contributed by atoms with Gasteiger partial charge in [-0.25, -0.2) is 8.78 Å². The van der Waals surface area contributed by atoms with Crippen molar-refractivity contribution in [2.45, 2.75) is 6.29 Å². The Morgan fingerprint density at radius 2 is 2.00 bits per heavy atom. The first kappa shape index (κ1) is 13.5. The largest absolute Gasteiger partial charge is 0.354 e. The van der Waals surface area contributed by atoms with Crippen LogP contribution in [-0.2, 0) is 9.47 Å². The second-order valence-corrected chi connectivity index (χ2v) is 3.24. The van der Waals surface area contributed by atoms with Gasteiger partial charge in [-0.2, -0.15) is 0 Å². The third kappa shape index (κ3) is 3.76. The van der Waals surface area contributed by atoms with Crippen molar-refractivity contribution >= 4 is 5.91 Å². The second-order valence-electron chi connectivity index (χ2n) is 3.24. The highest BCUT2D eigenvalue weighted by Crippen LogP contribution is 2.09. The average Bonchev–Trinajstić information content (AvgIpc) is 2.33. The van der Waals surface area contributed by atoms with Gasteiger partial charge in [0.05, 0.1) is 12.1 Å². The number of carbonyl (C=O) groups excluding carboxylic acids is 1. The Morgan fingerprint density at radius 1 is 1.35 bits per heavy atom. The first-order valence-electron chi connectivity index (χ1n) is 4.87. The lowest BCUT2D eigenvalue weighted by Crippen LogP contribution is -2.34. The first-order chi connectivity index (χ1) is 8.08. The van der Waals surface area contributed by atoms with Gasteiger partial charge < -0.3 is 14.8 Å². The number of methoxy groups -OCH3 is 2. The molecule has 0 aromatic heterocycles. The minimum Gasteiger partial charge on any atom is -0.354 e. The molecule has 1 aromatic carbocycles. The molecular weight excluding hydrogens is 232 g/mol. The molecule has 0 unspecified atom stereocenters. The number of hydrogen-bond donors (Lipinski definition) is 1. The molecule has 6 heteroatoms. The van der Waals surface area contributed by atoms with E-state index in [1.165, 1.54) is 14.2 Å². The van der Waals surface area contributed by atoms with Crippen LogP contribution in [-0.4, -0.2) is 33.0 Å². The zero-order valence-corrected chi connectivity index (χ0v) is 9.50. The van der Waals surface area contributed by atoms with E-state index in [0.29, 0.717) is 0 Å². The van der Waals surface area contributed by atoms with Crippen molar-refractivity contribution in [1.82, 2.24) is 5.32 Å². The predicted octanol–water partition coefficient (Wildman–Crippen LogP) is 1.31. The highest BCUT2D eigenvalue weighted by atomic mass is 19.1. The van der Waals surface area contributed by atoms with Crippen LogP contribution < -0.4 is 5.32 Å². The van der Waals surface area contributed by atoms with Gasteiger partial charge >= 0.3 is 0 Å². The van der Waals surface area contributed by atoms with Gasteiger partial charge in [-0.3, -0.25) is 4.79 Å². The summed E-state index contributed by atoms with van der Waals surface area (Å²) in [6.45, 7) is 0.0434. The Labute approximate surface area is 97.5 Å². The molecule has 0 fully saturated rings. The number of nitrogens with one attached hydrogen (secondary N) is 1. The standard InChI is InChI=1S/C11H13F2NO3/c1-16-10(17-2)6-14-11(15)8-5-7(12)3-4-9(8)13/h3-5,10H,6H2,1-2H3,(H,14,15). The summed E-state index contributed by atoms with van der Waals surface area (Å²) < 4.78 is 35.7. The van der Waals surface area contributed by atoms with E-state index in [2.05, 4.69) is 5.32 Å². The molecule has 17 heavy (non-hydrogen) atoms. The number of halogens is 2. The third-order valence-electron chi connectivity index (χ3n) is 2.13. The highest BCUT2D eigenvalue weighted by Gasteiger charge is 2.14. The van der Waals surface area contributed by atoms with Gasteiger partial charge in [-0.05, 0) is 18.2 Å². The van der Waals surface area contributed by atoms with Crippen LogP contribution >= 0.6 is 0 Å². The number of amides is 1. The molecule has 0 spiro atoms. The van der Waals surface area contributed by atoms with Gasteiger partial charge in [0, 0.05) is 14.2 Å². The first-order valence-corrected chi connectivity index (χ1v) is 4.87. The quantitative estimate of drug-likeness (QED) is 0.796. The molecule has 0 heterocycles. The van der Waals surface area contributed by atoms with Crippen molar-refractivity contribution in [3.05, 3.63) is 35.4 Å². The summed E-state index contributed by atoms with van der Waals surface area (Å²) in [5.41, 5.74) is -0.351. The molecule has 0 atom stereocenters. The number of benzene rings is 1. The lowest BCUT2D eigenvalue weighted by atomic mass is 10.2. The van der Waals surface area contributed by atoms with Gasteiger partial charge in [0.1, 0.15) is 11.6 Å². The summed E-state index contributed by atoms with van der Waals surface area (Å²) >= 11 is 0. The van der Waals surface area contributed by atoms with Gasteiger partial charge in [0.15, 0.2) is 6.29 Å². The third-order valence-corrected chi connectivity index (χ3v) is 2.13. The SMILES string of the molecule is COC(CNC(=O)c1cc(F)ccc1F)OC. The van der Waals surface area contributed by atoms with Gasteiger partial charge in [-0.15, -0.1) is 0 Å². The van der Waals surface area contributed by atoms with Crippen molar-refractivity contribution in [1.29, 1.82) is 0 Å². The molecule has 0 saturated carbocycles. The summed E-state index contributed by atoms with van der Waals surface area (Å²) in [6.07, 6.45) is -0.629. The van der Waals surface area contributed by atoms with E-state index in [1.54, 1.807) is 0 Å². The van der Waals surface area contributed by atoms with E-state index in [0.717, 1.165) is 18.2 Å². The lowest BCUT2D eigenvalue weighted by Gasteiger charge is -2.14. The number of hydrogen-bond acceptors (Lipinski definition) is 3. The van der Waals surface area contributed by atoms with E-state index in [-0.39, 0.29) is 12.1 Å². The molecule has 1 aromatic rings. The number of ether oxygens (including phenoxy) is 2. The van der Waals surface area contributed by atoms with Gasteiger partial charge in [-0.1, -0.05) is 0 Å². The zero-order chi connectivity index (χ0) is 12.8. The molecule has 94 valence electrons. The maximum absolute atomic E-state index is 13.2. The smallest absolute Gasteiger partial charge is 0.254 e. The topological polar surface area (TPSA) is 47.6 Å². The maximum Gasteiger partial charge on any atom is 0.254 e. The minimum atomic E-state index is -0.782. The Bertz CT molecular complexity index is 394. The monoisotopic (exact) mass is 245 g/mol. The van der Waals surface area contributed by atoms with Crippen LogP contribution in [0.15, 0.2) is 18.2 Å². The Kier molecular flexibility index (Phi) is 4.99. The minimum absolute atomic E-state index is 0.0434. The molecule has 0 aliphatic carbocycles. The fourth-order valence-electron chi connectivity index (χ4n) is 1.21. The van der Waals surface area contributed by atoms with E-state index in [9.17, 15) is 13.6 Å². The molecule has 4 nitrogen and oxygen atoms in total. The summed E-state index contributed by atoms with van der Waals surface area (Å²) in [4.78, 5) is 11.5. The molecule has 1 N–H and O–H groups in total. The predicted molar refractivity (Wildman–Crippen MR) is 56.5 cm³/mol. The Hall–Kier alpha value is -1.53. The van der Waals surface area contributed by atoms with E-state index < -0.39 is 23.8 Å². The van der Waals surface area contributed by atoms with Crippen molar-refractivity contribution in [2.24, 2.45) is 0 Å². The Morgan fingerprint density at radius 3 is 2.59 bits per heavy atom. The van der Waals surface area contributed by atoms with E-state index in [1.807, 2.05) is 0 Å². The second kappa shape index (κ2) is 6.27. The van der Waals surface area contributed by atoms with Crippen molar-refractivity contribution < 1.29 is 23.0 Å². The fraction of sp³-hybridized carbons (Fsp3) is 0.364. The summed E-state index contributed by atoms with van der Waals surface area (Å²) in [5, 5.41) is 2.37. The highest BCUT2D eigenvalue weighted by molar-refractivity contribution is 5.94. The molecular formula is C11H13F2NO3. The lowest BCUT2D eigenvalue weighted by molar-refractivity contribution is -0.0974. The van der Waals surface area contributed by atoms with Crippen molar-refractivity contribution in [3.63, 3.8) is 0 Å².